The number of aliphatic hydroxyl groups is 1. The first-order valence-corrected chi connectivity index (χ1v) is 14.0. The highest BCUT2D eigenvalue weighted by Crippen LogP contribution is 2.32. The predicted molar refractivity (Wildman–Crippen MR) is 131 cm³/mol. The lowest BCUT2D eigenvalue weighted by Crippen LogP contribution is -2.50. The van der Waals surface area contributed by atoms with Gasteiger partial charge in [0.05, 0.1) is 20.2 Å². The van der Waals surface area contributed by atoms with Crippen molar-refractivity contribution in [2.24, 2.45) is 0 Å². The topological polar surface area (TPSA) is 40.5 Å². The first kappa shape index (κ1) is 23.0. The van der Waals surface area contributed by atoms with Crippen LogP contribution in [-0.2, 0) is 4.79 Å². The molecular weight excluding hydrogens is 398 g/mol. The van der Waals surface area contributed by atoms with Gasteiger partial charge in [0.25, 0.3) is 0 Å². The number of likely N-dealkylation sites (N-methyl/N-ethyl adjacent to an activating group) is 1. The standard InChI is InChI=1S/C27H33NO2Si/c1-21(27(30)23-16-10-6-11-17-23)28(2)26(29)20-25(22-14-8-5-9-15-22)31(3,4)24-18-12-7-13-19-24/h5-19,21,25,27,30H,20H2,1-4H3/t21-,25-,27-/m0/s1. The first-order valence-electron chi connectivity index (χ1n) is 10.9. The summed E-state index contributed by atoms with van der Waals surface area (Å²) < 4.78 is 0. The molecule has 0 aromatic heterocycles. The molecule has 0 saturated carbocycles. The van der Waals surface area contributed by atoms with E-state index >= 15 is 0 Å². The minimum absolute atomic E-state index is 0.0628. The van der Waals surface area contributed by atoms with Crippen LogP contribution in [-0.4, -0.2) is 37.1 Å². The second-order valence-electron chi connectivity index (χ2n) is 8.86. The number of nitrogens with zero attached hydrogens (tertiary/aromatic N) is 1. The van der Waals surface area contributed by atoms with Crippen molar-refractivity contribution in [1.82, 2.24) is 4.90 Å². The zero-order valence-electron chi connectivity index (χ0n) is 18.9. The fraction of sp³-hybridized carbons (Fsp3) is 0.296. The number of aliphatic hydroxyl groups excluding tert-OH is 1. The third-order valence-electron chi connectivity index (χ3n) is 6.57. The Balaban J connectivity index is 1.85. The lowest BCUT2D eigenvalue weighted by atomic mass is 10.0. The third-order valence-corrected chi connectivity index (χ3v) is 10.7. The van der Waals surface area contributed by atoms with Crippen molar-refractivity contribution in [2.75, 3.05) is 7.05 Å². The van der Waals surface area contributed by atoms with Crippen LogP contribution in [0, 0.1) is 0 Å². The molecule has 3 nitrogen and oxygen atoms in total. The molecule has 3 rings (SSSR count). The van der Waals surface area contributed by atoms with Crippen LogP contribution in [0.4, 0.5) is 0 Å². The van der Waals surface area contributed by atoms with Crippen molar-refractivity contribution >= 4 is 19.2 Å². The van der Waals surface area contributed by atoms with Gasteiger partial charge in [0.15, 0.2) is 0 Å². The maximum Gasteiger partial charge on any atom is 0.222 e. The van der Waals surface area contributed by atoms with Crippen LogP contribution in [0.15, 0.2) is 91.0 Å². The monoisotopic (exact) mass is 431 g/mol. The molecule has 0 bridgehead atoms. The molecule has 0 spiro atoms. The Morgan fingerprint density at radius 1 is 0.839 bits per heavy atom. The Morgan fingerprint density at radius 3 is 1.81 bits per heavy atom. The number of carbonyl (C=O) groups is 1. The first-order chi connectivity index (χ1) is 14.8. The normalized spacial score (nSPS) is 14.5. The van der Waals surface area contributed by atoms with Gasteiger partial charge in [-0.25, -0.2) is 0 Å². The van der Waals surface area contributed by atoms with Gasteiger partial charge in [0.1, 0.15) is 0 Å². The summed E-state index contributed by atoms with van der Waals surface area (Å²) in [4.78, 5) is 15.1. The van der Waals surface area contributed by atoms with Crippen LogP contribution in [0.2, 0.25) is 13.1 Å². The van der Waals surface area contributed by atoms with Crippen molar-refractivity contribution in [3.8, 4) is 0 Å². The van der Waals surface area contributed by atoms with Crippen LogP contribution in [0.5, 0.6) is 0 Å². The Labute approximate surface area is 187 Å². The van der Waals surface area contributed by atoms with Gasteiger partial charge >= 0.3 is 0 Å². The smallest absolute Gasteiger partial charge is 0.222 e. The van der Waals surface area contributed by atoms with E-state index in [0.717, 1.165) is 5.56 Å². The molecule has 3 aromatic carbocycles. The van der Waals surface area contributed by atoms with Gasteiger partial charge in [-0.05, 0) is 23.6 Å². The summed E-state index contributed by atoms with van der Waals surface area (Å²) in [7, 11) is -0.190. The van der Waals surface area contributed by atoms with Gasteiger partial charge < -0.3 is 10.0 Å². The van der Waals surface area contributed by atoms with Crippen LogP contribution in [0.25, 0.3) is 0 Å². The fourth-order valence-electron chi connectivity index (χ4n) is 4.23. The van der Waals surface area contributed by atoms with E-state index in [1.165, 1.54) is 10.8 Å². The van der Waals surface area contributed by atoms with E-state index in [-0.39, 0.29) is 17.5 Å². The SMILES string of the molecule is C[C@@H]([C@H](O)c1ccccc1)N(C)C(=O)C[C@@H](c1ccccc1)[Si](C)(C)c1ccccc1. The number of carbonyl (C=O) groups excluding carboxylic acids is 1. The van der Waals surface area contributed by atoms with Crippen molar-refractivity contribution in [3.05, 3.63) is 102 Å². The maximum absolute atomic E-state index is 13.4. The molecule has 3 aromatic rings. The van der Waals surface area contributed by atoms with E-state index < -0.39 is 14.2 Å². The highest BCUT2D eigenvalue weighted by molar-refractivity contribution is 6.91. The van der Waals surface area contributed by atoms with Crippen LogP contribution >= 0.6 is 0 Å². The number of hydrogen-bond acceptors (Lipinski definition) is 2. The van der Waals surface area contributed by atoms with Crippen molar-refractivity contribution in [3.63, 3.8) is 0 Å². The molecule has 3 atom stereocenters. The van der Waals surface area contributed by atoms with Gasteiger partial charge in [-0.1, -0.05) is 109 Å². The summed E-state index contributed by atoms with van der Waals surface area (Å²) >= 11 is 0. The summed E-state index contributed by atoms with van der Waals surface area (Å²) in [6.45, 7) is 6.60. The average Bonchev–Trinajstić information content (AvgIpc) is 2.82. The molecule has 0 aliphatic heterocycles. The Bertz CT molecular complexity index is 960. The highest BCUT2D eigenvalue weighted by Gasteiger charge is 2.37. The molecular formula is C27H33NO2Si. The number of rotatable bonds is 8. The van der Waals surface area contributed by atoms with E-state index in [0.29, 0.717) is 6.42 Å². The number of hydrogen-bond donors (Lipinski definition) is 1. The van der Waals surface area contributed by atoms with E-state index in [2.05, 4.69) is 49.5 Å². The van der Waals surface area contributed by atoms with E-state index in [9.17, 15) is 9.90 Å². The van der Waals surface area contributed by atoms with Crippen LogP contribution < -0.4 is 5.19 Å². The Morgan fingerprint density at radius 2 is 1.29 bits per heavy atom. The average molecular weight is 432 g/mol. The van der Waals surface area contributed by atoms with E-state index in [1.54, 1.807) is 11.9 Å². The molecule has 1 amide bonds. The minimum atomic E-state index is -1.99. The molecule has 0 radical (unpaired) electrons. The summed E-state index contributed by atoms with van der Waals surface area (Å²) in [5.41, 5.74) is 2.18. The third kappa shape index (κ3) is 5.33. The molecule has 0 fully saturated rings. The van der Waals surface area contributed by atoms with Crippen molar-refractivity contribution in [1.29, 1.82) is 0 Å². The largest absolute Gasteiger partial charge is 0.386 e. The van der Waals surface area contributed by atoms with Crippen LogP contribution in [0.3, 0.4) is 0 Å². The predicted octanol–water partition coefficient (Wildman–Crippen LogP) is 4.90. The lowest BCUT2D eigenvalue weighted by molar-refractivity contribution is -0.134. The van der Waals surface area contributed by atoms with Crippen LogP contribution in [0.1, 0.15) is 36.1 Å². The summed E-state index contributed by atoms with van der Waals surface area (Å²) in [5.74, 6) is 0.0628. The van der Waals surface area contributed by atoms with Crippen molar-refractivity contribution in [2.45, 2.75) is 44.1 Å². The van der Waals surface area contributed by atoms with Gasteiger partial charge in [0.2, 0.25) is 5.91 Å². The van der Waals surface area contributed by atoms with E-state index in [4.69, 9.17) is 0 Å². The van der Waals surface area contributed by atoms with Gasteiger partial charge in [-0.15, -0.1) is 0 Å². The molecule has 0 saturated heterocycles. The maximum atomic E-state index is 13.4. The number of amides is 1. The molecule has 31 heavy (non-hydrogen) atoms. The molecule has 0 unspecified atom stereocenters. The molecule has 162 valence electrons. The zero-order chi connectivity index (χ0) is 22.4. The van der Waals surface area contributed by atoms with Gasteiger partial charge in [-0.2, -0.15) is 0 Å². The molecule has 0 aliphatic carbocycles. The fourth-order valence-corrected chi connectivity index (χ4v) is 7.39. The van der Waals surface area contributed by atoms with E-state index in [1.807, 2.05) is 61.5 Å². The second kappa shape index (κ2) is 10.1. The second-order valence-corrected chi connectivity index (χ2v) is 13.6. The molecule has 1 N–H and O–H groups in total. The summed E-state index contributed by atoms with van der Waals surface area (Å²) in [5, 5.41) is 12.2. The molecule has 0 heterocycles. The summed E-state index contributed by atoms with van der Waals surface area (Å²) in [6.07, 6.45) is -0.287. The quantitative estimate of drug-likeness (QED) is 0.516. The van der Waals surface area contributed by atoms with Crippen molar-refractivity contribution < 1.29 is 9.90 Å². The Hall–Kier alpha value is -2.69. The molecule has 0 aliphatic rings. The Kier molecular flexibility index (Phi) is 7.47. The lowest BCUT2D eigenvalue weighted by Gasteiger charge is -2.36. The van der Waals surface area contributed by atoms with Gasteiger partial charge in [-0.3, -0.25) is 4.79 Å². The minimum Gasteiger partial charge on any atom is -0.386 e. The highest BCUT2D eigenvalue weighted by atomic mass is 28.3. The summed E-state index contributed by atoms with van der Waals surface area (Å²) in [6, 6.07) is 30.2. The number of benzene rings is 3. The van der Waals surface area contributed by atoms with Gasteiger partial charge in [0, 0.05) is 13.5 Å². The zero-order valence-corrected chi connectivity index (χ0v) is 19.9. The molecule has 4 heteroatoms.